The third-order valence-electron chi connectivity index (χ3n) is 3.06. The molecule has 1 rings (SSSR count). The number of rotatable bonds is 8. The van der Waals surface area contributed by atoms with E-state index in [-0.39, 0.29) is 16.3 Å². The number of nitrogens with one attached hydrogen (secondary N) is 1. The Labute approximate surface area is 125 Å². The number of anilines is 1. The molecule has 0 aliphatic rings. The molecule has 0 aromatic heterocycles. The minimum Gasteiger partial charge on any atom is -0.492 e. The molecule has 0 fully saturated rings. The second kappa shape index (κ2) is 7.61. The number of nitrogen functional groups attached to an aromatic ring is 1. The molecule has 21 heavy (non-hydrogen) atoms. The average Bonchev–Trinajstić information content (AvgIpc) is 2.37. The zero-order chi connectivity index (χ0) is 16.0. The van der Waals surface area contributed by atoms with Crippen LogP contribution in [0.25, 0.3) is 0 Å². The van der Waals surface area contributed by atoms with E-state index >= 15 is 0 Å². The van der Waals surface area contributed by atoms with Crippen molar-refractivity contribution >= 4 is 15.7 Å². The smallest absolute Gasteiger partial charge is 0.240 e. The first-order chi connectivity index (χ1) is 9.77. The number of halogens is 1. The lowest BCUT2D eigenvalue weighted by Gasteiger charge is -2.11. The van der Waals surface area contributed by atoms with Crippen molar-refractivity contribution in [3.8, 4) is 5.75 Å². The first-order valence-electron chi connectivity index (χ1n) is 6.90. The van der Waals surface area contributed by atoms with Crippen LogP contribution in [0.5, 0.6) is 5.75 Å². The summed E-state index contributed by atoms with van der Waals surface area (Å²) >= 11 is 0. The number of sulfonamides is 1. The van der Waals surface area contributed by atoms with Gasteiger partial charge in [-0.15, -0.1) is 0 Å². The van der Waals surface area contributed by atoms with Crippen molar-refractivity contribution in [1.82, 2.24) is 4.72 Å². The van der Waals surface area contributed by atoms with Gasteiger partial charge in [-0.1, -0.05) is 26.7 Å². The number of benzene rings is 1. The Hall–Kier alpha value is -1.34. The van der Waals surface area contributed by atoms with Crippen molar-refractivity contribution in [3.63, 3.8) is 0 Å². The lowest BCUT2D eigenvalue weighted by Crippen LogP contribution is -2.25. The highest BCUT2D eigenvalue weighted by molar-refractivity contribution is 7.89. The second-order valence-corrected chi connectivity index (χ2v) is 7.08. The number of hydrogen-bond acceptors (Lipinski definition) is 4. The summed E-state index contributed by atoms with van der Waals surface area (Å²) in [5.41, 5.74) is 5.54. The summed E-state index contributed by atoms with van der Waals surface area (Å²) in [6.45, 7) is 4.56. The first-order valence-corrected chi connectivity index (χ1v) is 8.39. The Morgan fingerprint density at radius 2 is 2.00 bits per heavy atom. The van der Waals surface area contributed by atoms with Gasteiger partial charge in [0.2, 0.25) is 10.0 Å². The van der Waals surface area contributed by atoms with Crippen LogP contribution in [0.15, 0.2) is 17.0 Å². The Kier molecular flexibility index (Phi) is 6.42. The van der Waals surface area contributed by atoms with Gasteiger partial charge < -0.3 is 10.5 Å². The molecule has 0 bridgehead atoms. The van der Waals surface area contributed by atoms with Crippen molar-refractivity contribution in [2.24, 2.45) is 5.92 Å². The van der Waals surface area contributed by atoms with Crippen molar-refractivity contribution in [2.75, 3.05) is 19.4 Å². The SMILES string of the molecule is COc1c(N)cc(S(=O)(=O)NCCCCC(C)C)cc1F. The molecule has 3 N–H and O–H groups in total. The predicted molar refractivity (Wildman–Crippen MR) is 81.2 cm³/mol. The normalized spacial score (nSPS) is 11.9. The molecule has 0 spiro atoms. The number of unbranched alkanes of at least 4 members (excludes halogenated alkanes) is 1. The fourth-order valence-corrected chi connectivity index (χ4v) is 3.05. The maximum absolute atomic E-state index is 13.7. The highest BCUT2D eigenvalue weighted by Crippen LogP contribution is 2.28. The molecule has 0 saturated heterocycles. The maximum Gasteiger partial charge on any atom is 0.240 e. The molecule has 0 saturated carbocycles. The molecule has 120 valence electrons. The molecule has 0 heterocycles. The molecule has 5 nitrogen and oxygen atoms in total. The van der Waals surface area contributed by atoms with Crippen LogP contribution in [0.1, 0.15) is 33.1 Å². The summed E-state index contributed by atoms with van der Waals surface area (Å²) in [5, 5.41) is 0. The third kappa shape index (κ3) is 5.17. The van der Waals surface area contributed by atoms with E-state index in [4.69, 9.17) is 10.5 Å². The van der Waals surface area contributed by atoms with Gasteiger partial charge in [0.15, 0.2) is 11.6 Å². The molecule has 0 amide bonds. The number of hydrogen-bond donors (Lipinski definition) is 2. The molecule has 1 aromatic carbocycles. The molecule has 0 aliphatic heterocycles. The summed E-state index contributed by atoms with van der Waals surface area (Å²) < 4.78 is 45.0. The summed E-state index contributed by atoms with van der Waals surface area (Å²) in [5.74, 6) is -0.347. The van der Waals surface area contributed by atoms with E-state index in [1.165, 1.54) is 13.2 Å². The zero-order valence-corrected chi connectivity index (χ0v) is 13.5. The molecule has 0 atom stereocenters. The quantitative estimate of drug-likeness (QED) is 0.570. The van der Waals surface area contributed by atoms with Gasteiger partial charge in [0, 0.05) is 6.54 Å². The Morgan fingerprint density at radius 3 is 2.52 bits per heavy atom. The van der Waals surface area contributed by atoms with Crippen LogP contribution >= 0.6 is 0 Å². The predicted octanol–water partition coefficient (Wildman–Crippen LogP) is 2.52. The Bertz CT molecular complexity index is 551. The fourth-order valence-electron chi connectivity index (χ4n) is 1.93. The third-order valence-corrected chi connectivity index (χ3v) is 4.50. The maximum atomic E-state index is 13.7. The largest absolute Gasteiger partial charge is 0.492 e. The number of nitrogens with two attached hydrogens (primary N) is 1. The van der Waals surface area contributed by atoms with Crippen LogP contribution in [0.3, 0.4) is 0 Å². The van der Waals surface area contributed by atoms with Crippen molar-refractivity contribution in [3.05, 3.63) is 17.9 Å². The van der Waals surface area contributed by atoms with E-state index in [9.17, 15) is 12.8 Å². The highest BCUT2D eigenvalue weighted by atomic mass is 32.2. The molecule has 1 aromatic rings. The second-order valence-electron chi connectivity index (χ2n) is 5.31. The summed E-state index contributed by atoms with van der Waals surface area (Å²) in [7, 11) is -2.48. The lowest BCUT2D eigenvalue weighted by atomic mass is 10.1. The Morgan fingerprint density at radius 1 is 1.33 bits per heavy atom. The lowest BCUT2D eigenvalue weighted by molar-refractivity contribution is 0.388. The molecule has 7 heteroatoms. The standard InChI is InChI=1S/C14H23FN2O3S/c1-10(2)6-4-5-7-17-21(18,19)11-8-12(15)14(20-3)13(16)9-11/h8-10,17H,4-7,16H2,1-3H3. The molecular weight excluding hydrogens is 295 g/mol. The monoisotopic (exact) mass is 318 g/mol. The van der Waals surface area contributed by atoms with Gasteiger partial charge >= 0.3 is 0 Å². The average molecular weight is 318 g/mol. The van der Waals surface area contributed by atoms with Gasteiger partial charge in [0.1, 0.15) is 0 Å². The van der Waals surface area contributed by atoms with Gasteiger partial charge in [0.05, 0.1) is 17.7 Å². The van der Waals surface area contributed by atoms with E-state index in [0.717, 1.165) is 25.3 Å². The Balaban J connectivity index is 2.71. The zero-order valence-electron chi connectivity index (χ0n) is 12.6. The summed E-state index contributed by atoms with van der Waals surface area (Å²) in [4.78, 5) is -0.192. The highest BCUT2D eigenvalue weighted by Gasteiger charge is 2.18. The molecular formula is C14H23FN2O3S. The van der Waals surface area contributed by atoms with Gasteiger partial charge in [0.25, 0.3) is 0 Å². The van der Waals surface area contributed by atoms with E-state index in [1.807, 2.05) is 0 Å². The van der Waals surface area contributed by atoms with E-state index in [0.29, 0.717) is 12.5 Å². The van der Waals surface area contributed by atoms with E-state index in [2.05, 4.69) is 18.6 Å². The molecule has 0 aliphatic carbocycles. The van der Waals surface area contributed by atoms with Crippen LogP contribution in [-0.4, -0.2) is 22.1 Å². The first kappa shape index (κ1) is 17.7. The van der Waals surface area contributed by atoms with Crippen LogP contribution in [0.2, 0.25) is 0 Å². The van der Waals surface area contributed by atoms with Crippen molar-refractivity contribution in [2.45, 2.75) is 38.0 Å². The van der Waals surface area contributed by atoms with Crippen LogP contribution < -0.4 is 15.2 Å². The van der Waals surface area contributed by atoms with E-state index in [1.54, 1.807) is 0 Å². The van der Waals surface area contributed by atoms with Crippen LogP contribution in [0, 0.1) is 11.7 Å². The molecule has 0 radical (unpaired) electrons. The van der Waals surface area contributed by atoms with Crippen LogP contribution in [0.4, 0.5) is 10.1 Å². The number of methoxy groups -OCH3 is 1. The number of ether oxygens (including phenoxy) is 1. The van der Waals surface area contributed by atoms with Gasteiger partial charge in [-0.25, -0.2) is 17.5 Å². The van der Waals surface area contributed by atoms with Crippen molar-refractivity contribution < 1.29 is 17.5 Å². The van der Waals surface area contributed by atoms with E-state index < -0.39 is 15.8 Å². The van der Waals surface area contributed by atoms with Gasteiger partial charge in [-0.05, 0) is 24.5 Å². The van der Waals surface area contributed by atoms with Crippen molar-refractivity contribution in [1.29, 1.82) is 0 Å². The van der Waals surface area contributed by atoms with Gasteiger partial charge in [-0.3, -0.25) is 0 Å². The minimum absolute atomic E-state index is 0.0438. The van der Waals surface area contributed by atoms with Crippen LogP contribution in [-0.2, 0) is 10.0 Å². The summed E-state index contributed by atoms with van der Waals surface area (Å²) in [6, 6.07) is 2.10. The summed E-state index contributed by atoms with van der Waals surface area (Å²) in [6.07, 6.45) is 2.73. The van der Waals surface area contributed by atoms with Gasteiger partial charge in [-0.2, -0.15) is 0 Å². The molecule has 0 unspecified atom stereocenters. The fraction of sp³-hybridized carbons (Fsp3) is 0.571. The minimum atomic E-state index is -3.76. The topological polar surface area (TPSA) is 81.4 Å².